The van der Waals surface area contributed by atoms with E-state index < -0.39 is 0 Å². The Labute approximate surface area is 121 Å². The largest absolute Gasteiger partial charge is 0.504 e. The first-order valence-corrected chi connectivity index (χ1v) is 6.57. The Balaban J connectivity index is 1.77. The molecule has 0 unspecified atom stereocenters. The molecule has 3 rings (SSSR count). The van der Waals surface area contributed by atoms with Gasteiger partial charge in [0, 0.05) is 29.6 Å². The zero-order valence-electron chi connectivity index (χ0n) is 11.2. The maximum absolute atomic E-state index is 9.78. The highest BCUT2D eigenvalue weighted by atomic mass is 16.3. The third-order valence-corrected chi connectivity index (χ3v) is 3.26. The SMILES string of the molecule is Oc1cccc(CNc2cccc(-c3ccn[nH]3)c2)c1O. The quantitative estimate of drug-likeness (QED) is 0.554. The Morgan fingerprint density at radius 1 is 1.05 bits per heavy atom. The Morgan fingerprint density at radius 2 is 1.90 bits per heavy atom. The van der Waals surface area contributed by atoms with Gasteiger partial charge in [0.05, 0.1) is 5.69 Å². The van der Waals surface area contributed by atoms with Gasteiger partial charge < -0.3 is 15.5 Å². The number of phenolic OH excluding ortho intramolecular Hbond substituents is 2. The molecule has 21 heavy (non-hydrogen) atoms. The molecule has 0 saturated carbocycles. The first-order valence-electron chi connectivity index (χ1n) is 6.57. The molecule has 3 aromatic rings. The topological polar surface area (TPSA) is 81.2 Å². The zero-order chi connectivity index (χ0) is 14.7. The average molecular weight is 281 g/mol. The van der Waals surface area contributed by atoms with Crippen molar-refractivity contribution in [3.8, 4) is 22.8 Å². The Morgan fingerprint density at radius 3 is 2.71 bits per heavy atom. The van der Waals surface area contributed by atoms with Crippen molar-refractivity contribution in [2.75, 3.05) is 5.32 Å². The fourth-order valence-electron chi connectivity index (χ4n) is 2.13. The van der Waals surface area contributed by atoms with E-state index in [2.05, 4.69) is 15.5 Å². The third-order valence-electron chi connectivity index (χ3n) is 3.26. The maximum atomic E-state index is 9.78. The Kier molecular flexibility index (Phi) is 3.47. The molecule has 5 heteroatoms. The van der Waals surface area contributed by atoms with E-state index in [1.807, 2.05) is 30.3 Å². The van der Waals surface area contributed by atoms with Crippen molar-refractivity contribution in [2.24, 2.45) is 0 Å². The number of aromatic hydroxyl groups is 2. The van der Waals surface area contributed by atoms with Gasteiger partial charge >= 0.3 is 0 Å². The van der Waals surface area contributed by atoms with Crippen molar-refractivity contribution in [1.82, 2.24) is 10.2 Å². The molecule has 0 saturated heterocycles. The summed E-state index contributed by atoms with van der Waals surface area (Å²) in [6.07, 6.45) is 1.71. The summed E-state index contributed by atoms with van der Waals surface area (Å²) < 4.78 is 0. The number of phenols is 2. The number of benzene rings is 2. The number of hydrogen-bond acceptors (Lipinski definition) is 4. The molecule has 0 amide bonds. The molecule has 0 atom stereocenters. The molecule has 0 aliphatic heterocycles. The molecule has 0 spiro atoms. The predicted octanol–water partition coefficient (Wildman–Crippen LogP) is 3.10. The second kappa shape index (κ2) is 5.58. The second-order valence-electron chi connectivity index (χ2n) is 4.69. The molecule has 0 radical (unpaired) electrons. The highest BCUT2D eigenvalue weighted by molar-refractivity contribution is 5.64. The minimum atomic E-state index is -0.111. The van der Waals surface area contributed by atoms with Crippen LogP contribution in [0.3, 0.4) is 0 Å². The van der Waals surface area contributed by atoms with E-state index in [1.165, 1.54) is 6.07 Å². The number of nitrogens with zero attached hydrogens (tertiary/aromatic N) is 1. The van der Waals surface area contributed by atoms with Gasteiger partial charge in [0.1, 0.15) is 0 Å². The van der Waals surface area contributed by atoms with Gasteiger partial charge in [0.2, 0.25) is 0 Å². The third kappa shape index (κ3) is 2.81. The van der Waals surface area contributed by atoms with E-state index in [-0.39, 0.29) is 11.5 Å². The van der Waals surface area contributed by atoms with Crippen molar-refractivity contribution in [1.29, 1.82) is 0 Å². The van der Waals surface area contributed by atoms with Gasteiger partial charge in [0.25, 0.3) is 0 Å². The molecule has 0 fully saturated rings. The standard InChI is InChI=1S/C16H15N3O2/c20-15-6-2-4-12(16(15)21)10-17-13-5-1-3-11(9-13)14-7-8-18-19-14/h1-9,17,20-21H,10H2,(H,18,19). The highest BCUT2D eigenvalue weighted by Crippen LogP contribution is 2.29. The summed E-state index contributed by atoms with van der Waals surface area (Å²) in [5, 5.41) is 29.3. The van der Waals surface area contributed by atoms with Crippen LogP contribution in [0.2, 0.25) is 0 Å². The zero-order valence-corrected chi connectivity index (χ0v) is 11.2. The number of anilines is 1. The van der Waals surface area contributed by atoms with Crippen LogP contribution in [-0.2, 0) is 6.54 Å². The summed E-state index contributed by atoms with van der Waals surface area (Å²) in [4.78, 5) is 0. The van der Waals surface area contributed by atoms with Crippen LogP contribution in [0, 0.1) is 0 Å². The summed E-state index contributed by atoms with van der Waals surface area (Å²) in [5.41, 5.74) is 3.53. The number of para-hydroxylation sites is 1. The highest BCUT2D eigenvalue weighted by Gasteiger charge is 2.06. The van der Waals surface area contributed by atoms with Crippen LogP contribution in [0.25, 0.3) is 11.3 Å². The summed E-state index contributed by atoms with van der Waals surface area (Å²) in [6, 6.07) is 14.7. The van der Waals surface area contributed by atoms with E-state index >= 15 is 0 Å². The van der Waals surface area contributed by atoms with E-state index in [1.54, 1.807) is 18.3 Å². The Bertz CT molecular complexity index is 739. The molecule has 0 bridgehead atoms. The van der Waals surface area contributed by atoms with Gasteiger partial charge in [-0.05, 0) is 24.3 Å². The van der Waals surface area contributed by atoms with Gasteiger partial charge in [-0.2, -0.15) is 5.10 Å². The Hall–Kier alpha value is -2.95. The normalized spacial score (nSPS) is 10.5. The monoisotopic (exact) mass is 281 g/mol. The maximum Gasteiger partial charge on any atom is 0.162 e. The van der Waals surface area contributed by atoms with Crippen LogP contribution in [0.5, 0.6) is 11.5 Å². The summed E-state index contributed by atoms with van der Waals surface area (Å²) in [6.45, 7) is 0.423. The molecule has 5 nitrogen and oxygen atoms in total. The number of aromatic amines is 1. The van der Waals surface area contributed by atoms with E-state index in [0.29, 0.717) is 12.1 Å². The molecule has 1 aromatic heterocycles. The summed E-state index contributed by atoms with van der Waals surface area (Å²) >= 11 is 0. The molecule has 2 aromatic carbocycles. The van der Waals surface area contributed by atoms with Crippen LogP contribution in [-0.4, -0.2) is 20.4 Å². The number of nitrogens with one attached hydrogen (secondary N) is 2. The van der Waals surface area contributed by atoms with Crippen LogP contribution in [0.4, 0.5) is 5.69 Å². The first-order chi connectivity index (χ1) is 10.2. The van der Waals surface area contributed by atoms with Crippen molar-refractivity contribution in [2.45, 2.75) is 6.54 Å². The fraction of sp³-hybridized carbons (Fsp3) is 0.0625. The van der Waals surface area contributed by atoms with Gasteiger partial charge in [-0.3, -0.25) is 5.10 Å². The van der Waals surface area contributed by atoms with Gasteiger partial charge in [0.15, 0.2) is 11.5 Å². The van der Waals surface area contributed by atoms with Crippen LogP contribution >= 0.6 is 0 Å². The molecular formula is C16H15N3O2. The lowest BCUT2D eigenvalue weighted by atomic mass is 10.1. The van der Waals surface area contributed by atoms with Gasteiger partial charge in [-0.15, -0.1) is 0 Å². The van der Waals surface area contributed by atoms with Crippen molar-refractivity contribution in [3.05, 3.63) is 60.3 Å². The molecule has 4 N–H and O–H groups in total. The molecule has 0 aliphatic carbocycles. The summed E-state index contributed by atoms with van der Waals surface area (Å²) in [7, 11) is 0. The lowest BCUT2D eigenvalue weighted by Crippen LogP contribution is -1.99. The predicted molar refractivity (Wildman–Crippen MR) is 81.1 cm³/mol. The molecule has 106 valence electrons. The van der Waals surface area contributed by atoms with E-state index in [4.69, 9.17) is 0 Å². The number of rotatable bonds is 4. The minimum absolute atomic E-state index is 0.0882. The van der Waals surface area contributed by atoms with Crippen LogP contribution in [0.1, 0.15) is 5.56 Å². The van der Waals surface area contributed by atoms with Crippen molar-refractivity contribution < 1.29 is 10.2 Å². The number of aromatic nitrogens is 2. The van der Waals surface area contributed by atoms with Crippen LogP contribution in [0.15, 0.2) is 54.7 Å². The number of hydrogen-bond donors (Lipinski definition) is 4. The van der Waals surface area contributed by atoms with Crippen molar-refractivity contribution >= 4 is 5.69 Å². The lowest BCUT2D eigenvalue weighted by Gasteiger charge is -2.10. The fourth-order valence-corrected chi connectivity index (χ4v) is 2.13. The van der Waals surface area contributed by atoms with Gasteiger partial charge in [-0.1, -0.05) is 24.3 Å². The second-order valence-corrected chi connectivity index (χ2v) is 4.69. The summed E-state index contributed by atoms with van der Waals surface area (Å²) in [5.74, 6) is -0.199. The smallest absolute Gasteiger partial charge is 0.162 e. The van der Waals surface area contributed by atoms with E-state index in [9.17, 15) is 10.2 Å². The average Bonchev–Trinajstić information content (AvgIpc) is 3.03. The van der Waals surface area contributed by atoms with E-state index in [0.717, 1.165) is 16.9 Å². The van der Waals surface area contributed by atoms with Crippen LogP contribution < -0.4 is 5.32 Å². The lowest BCUT2D eigenvalue weighted by molar-refractivity contribution is 0.400. The number of H-pyrrole nitrogens is 1. The molecule has 0 aliphatic rings. The first kappa shape index (κ1) is 13.1. The molecule has 1 heterocycles. The van der Waals surface area contributed by atoms with Gasteiger partial charge in [-0.25, -0.2) is 0 Å². The molecular weight excluding hydrogens is 266 g/mol. The minimum Gasteiger partial charge on any atom is -0.504 e. The van der Waals surface area contributed by atoms with Crippen molar-refractivity contribution in [3.63, 3.8) is 0 Å².